The number of phenols is 2. The number of carboxylic acid groups (broad SMARTS) is 1. The zero-order valence-electron chi connectivity index (χ0n) is 18.5. The van der Waals surface area contributed by atoms with Crippen molar-refractivity contribution in [2.75, 3.05) is 26.8 Å². The summed E-state index contributed by atoms with van der Waals surface area (Å²) in [6.07, 6.45) is 0. The highest BCUT2D eigenvalue weighted by Gasteiger charge is 2.32. The number of aliphatic hydroxyl groups is 4. The van der Waals surface area contributed by atoms with Gasteiger partial charge in [-0.2, -0.15) is 0 Å². The molecule has 2 atom stereocenters. The van der Waals surface area contributed by atoms with Crippen molar-refractivity contribution in [3.05, 3.63) is 58.7 Å². The van der Waals surface area contributed by atoms with Crippen LogP contribution in [-0.2, 0) is 31.1 Å². The minimum absolute atomic E-state index is 0.0488. The van der Waals surface area contributed by atoms with Gasteiger partial charge >= 0.3 is 5.97 Å². The van der Waals surface area contributed by atoms with Gasteiger partial charge in [0.25, 0.3) is 0 Å². The summed E-state index contributed by atoms with van der Waals surface area (Å²) in [4.78, 5) is 14.7. The molecule has 0 aromatic heterocycles. The number of benzene rings is 2. The maximum atomic E-state index is 11.6. The first kappa shape index (κ1) is 26.5. The summed E-state index contributed by atoms with van der Waals surface area (Å²) >= 11 is 0. The normalized spacial score (nSPS) is 13.4. The molecule has 0 aliphatic carbocycles. The number of carboxylic acids is 1. The monoisotopic (exact) mass is 464 g/mol. The highest BCUT2D eigenvalue weighted by molar-refractivity contribution is 5.69. The number of likely N-dealkylation sites (N-methyl/N-ethyl adjacent to an activating group) is 1. The third-order valence-corrected chi connectivity index (χ3v) is 5.73. The molecule has 0 bridgehead atoms. The molecule has 0 heterocycles. The topological polar surface area (TPSA) is 165 Å². The average Bonchev–Trinajstić information content (AvgIpc) is 2.79. The Kier molecular flexibility index (Phi) is 10.0. The fourth-order valence-electron chi connectivity index (χ4n) is 3.90. The molecule has 0 aliphatic rings. The lowest BCUT2D eigenvalue weighted by Crippen LogP contribution is -2.55. The van der Waals surface area contributed by atoms with E-state index in [4.69, 9.17) is 0 Å². The van der Waals surface area contributed by atoms with E-state index in [1.807, 2.05) is 0 Å². The van der Waals surface area contributed by atoms with Gasteiger partial charge in [-0.05, 0) is 7.05 Å². The van der Waals surface area contributed by atoms with E-state index in [0.29, 0.717) is 22.3 Å². The molecule has 7 N–H and O–H groups in total. The van der Waals surface area contributed by atoms with Crippen LogP contribution < -0.4 is 0 Å². The van der Waals surface area contributed by atoms with Gasteiger partial charge in [0.2, 0.25) is 0 Å². The molecule has 0 amide bonds. The molecule has 10 heteroatoms. The van der Waals surface area contributed by atoms with Crippen LogP contribution in [0.4, 0.5) is 0 Å². The van der Waals surface area contributed by atoms with Crippen molar-refractivity contribution in [1.29, 1.82) is 0 Å². The van der Waals surface area contributed by atoms with Crippen LogP contribution in [0.1, 0.15) is 22.3 Å². The molecule has 2 rings (SSSR count). The van der Waals surface area contributed by atoms with Crippen LogP contribution in [0.5, 0.6) is 11.5 Å². The summed E-state index contributed by atoms with van der Waals surface area (Å²) in [5.41, 5.74) is 1.51. The number of aliphatic hydroxyl groups excluding tert-OH is 4. The summed E-state index contributed by atoms with van der Waals surface area (Å²) in [6.45, 7) is -1.98. The second-order valence-corrected chi connectivity index (χ2v) is 7.88. The number of hydrogen-bond donors (Lipinski definition) is 7. The number of nitrogens with zero attached hydrogens (tertiary/aromatic N) is 2. The number of aromatic hydroxyl groups is 2. The van der Waals surface area contributed by atoms with Crippen LogP contribution in [0.15, 0.2) is 36.4 Å². The SMILES string of the molecule is CN(Cc1cccc(CO)c1O)C(CO)C(CO)N(CC(=O)O)Cc1cccc(CO)c1O. The van der Waals surface area contributed by atoms with Gasteiger partial charge in [0.05, 0.1) is 45.1 Å². The largest absolute Gasteiger partial charge is 0.507 e. The van der Waals surface area contributed by atoms with Crippen molar-refractivity contribution in [2.45, 2.75) is 38.4 Å². The minimum Gasteiger partial charge on any atom is -0.507 e. The van der Waals surface area contributed by atoms with Crippen LogP contribution in [0.3, 0.4) is 0 Å². The van der Waals surface area contributed by atoms with Crippen LogP contribution in [0.2, 0.25) is 0 Å². The quantitative estimate of drug-likeness (QED) is 0.211. The van der Waals surface area contributed by atoms with E-state index in [1.54, 1.807) is 48.3 Å². The van der Waals surface area contributed by atoms with Crippen molar-refractivity contribution in [2.24, 2.45) is 0 Å². The van der Waals surface area contributed by atoms with E-state index in [-0.39, 0.29) is 37.8 Å². The molecular formula is C23H32N2O8. The van der Waals surface area contributed by atoms with E-state index >= 15 is 0 Å². The van der Waals surface area contributed by atoms with Crippen molar-refractivity contribution in [1.82, 2.24) is 9.80 Å². The Morgan fingerprint density at radius 3 is 1.67 bits per heavy atom. The molecule has 0 saturated carbocycles. The Hall–Kier alpha value is -2.73. The lowest BCUT2D eigenvalue weighted by Gasteiger charge is -2.39. The van der Waals surface area contributed by atoms with Gasteiger partial charge in [0.1, 0.15) is 11.5 Å². The van der Waals surface area contributed by atoms with Crippen molar-refractivity contribution in [3.63, 3.8) is 0 Å². The van der Waals surface area contributed by atoms with E-state index in [0.717, 1.165) is 0 Å². The van der Waals surface area contributed by atoms with Crippen molar-refractivity contribution in [3.8, 4) is 11.5 Å². The zero-order valence-corrected chi connectivity index (χ0v) is 18.5. The third kappa shape index (κ3) is 6.64. The van der Waals surface area contributed by atoms with E-state index in [2.05, 4.69) is 0 Å². The molecule has 182 valence electrons. The summed E-state index contributed by atoms with van der Waals surface area (Å²) < 4.78 is 0. The lowest BCUT2D eigenvalue weighted by atomic mass is 10.0. The van der Waals surface area contributed by atoms with Crippen molar-refractivity contribution < 1.29 is 40.5 Å². The molecule has 2 aromatic rings. The van der Waals surface area contributed by atoms with Crippen molar-refractivity contribution >= 4 is 5.97 Å². The first-order valence-electron chi connectivity index (χ1n) is 10.5. The number of para-hydroxylation sites is 2. The maximum absolute atomic E-state index is 11.6. The smallest absolute Gasteiger partial charge is 0.317 e. The van der Waals surface area contributed by atoms with Gasteiger partial charge in [-0.25, -0.2) is 0 Å². The second kappa shape index (κ2) is 12.5. The van der Waals surface area contributed by atoms with Gasteiger partial charge in [-0.3, -0.25) is 14.6 Å². The van der Waals surface area contributed by atoms with E-state index in [1.165, 1.54) is 4.90 Å². The van der Waals surface area contributed by atoms with Gasteiger partial charge in [-0.15, -0.1) is 0 Å². The summed E-state index contributed by atoms with van der Waals surface area (Å²) in [5, 5.41) is 69.2. The number of carbonyl (C=O) groups is 1. The van der Waals surface area contributed by atoms with E-state index < -0.39 is 37.8 Å². The summed E-state index contributed by atoms with van der Waals surface area (Å²) in [5.74, 6) is -1.39. The number of hydrogen-bond acceptors (Lipinski definition) is 9. The zero-order chi connectivity index (χ0) is 24.5. The third-order valence-electron chi connectivity index (χ3n) is 5.73. The Morgan fingerprint density at radius 1 is 0.788 bits per heavy atom. The minimum atomic E-state index is -1.15. The Bertz CT molecular complexity index is 923. The molecule has 2 unspecified atom stereocenters. The van der Waals surface area contributed by atoms with Crippen LogP contribution >= 0.6 is 0 Å². The predicted molar refractivity (Wildman–Crippen MR) is 119 cm³/mol. The Balaban J connectivity index is 2.33. The molecule has 0 aliphatic heterocycles. The van der Waals surface area contributed by atoms with E-state index in [9.17, 15) is 40.5 Å². The maximum Gasteiger partial charge on any atom is 0.317 e. The van der Waals surface area contributed by atoms with Crippen LogP contribution in [-0.4, -0.2) is 90.4 Å². The first-order chi connectivity index (χ1) is 15.8. The van der Waals surface area contributed by atoms with Gasteiger partial charge in [0, 0.05) is 35.3 Å². The van der Waals surface area contributed by atoms with Gasteiger partial charge in [0.15, 0.2) is 0 Å². The highest BCUT2D eigenvalue weighted by atomic mass is 16.4. The summed E-state index contributed by atoms with van der Waals surface area (Å²) in [6, 6.07) is 8.13. The predicted octanol–water partition coefficient (Wildman–Crippen LogP) is -0.177. The van der Waals surface area contributed by atoms with Crippen LogP contribution in [0, 0.1) is 0 Å². The van der Waals surface area contributed by atoms with Crippen LogP contribution in [0.25, 0.3) is 0 Å². The number of aliphatic carboxylic acids is 1. The first-order valence-corrected chi connectivity index (χ1v) is 10.5. The van der Waals surface area contributed by atoms with Gasteiger partial charge < -0.3 is 35.7 Å². The number of rotatable bonds is 13. The molecule has 2 aromatic carbocycles. The second-order valence-electron chi connectivity index (χ2n) is 7.88. The molecule has 0 radical (unpaired) electrons. The molecular weight excluding hydrogens is 432 g/mol. The molecule has 33 heavy (non-hydrogen) atoms. The Morgan fingerprint density at radius 2 is 1.24 bits per heavy atom. The fraction of sp³-hybridized carbons (Fsp3) is 0.435. The molecule has 0 fully saturated rings. The molecule has 0 spiro atoms. The van der Waals surface area contributed by atoms with Gasteiger partial charge in [-0.1, -0.05) is 36.4 Å². The fourth-order valence-corrected chi connectivity index (χ4v) is 3.90. The average molecular weight is 465 g/mol. The molecule has 10 nitrogen and oxygen atoms in total. The Labute approximate surface area is 192 Å². The highest BCUT2D eigenvalue weighted by Crippen LogP contribution is 2.27. The standard InChI is InChI=1S/C23H32N2O8/c1-24(8-15-4-2-6-17(11-26)22(15)32)19(13-28)20(14-29)25(10-21(30)31)9-16-5-3-7-18(12-27)23(16)33/h2-7,19-20,26-29,32-33H,8-14H2,1H3,(H,30,31). The lowest BCUT2D eigenvalue weighted by molar-refractivity contribution is -0.140. The summed E-state index contributed by atoms with van der Waals surface area (Å²) in [7, 11) is 1.66. The molecule has 0 saturated heterocycles.